The molecule has 0 spiro atoms. The minimum absolute atomic E-state index is 0.0608. The van der Waals surface area contributed by atoms with Crippen LogP contribution < -0.4 is 5.32 Å². The van der Waals surface area contributed by atoms with Gasteiger partial charge in [0.2, 0.25) is 11.8 Å². The SMILES string of the molecule is Cc1ccc(S(=O)(=O)N2C(=O)CC[C@H]2C(=O)Nc2cccc(C(F)(F)F)c2)cc1. The van der Waals surface area contributed by atoms with Crippen LogP contribution in [0.25, 0.3) is 0 Å². The Kier molecular flexibility index (Phi) is 5.40. The van der Waals surface area contributed by atoms with Gasteiger partial charge in [0.25, 0.3) is 10.0 Å². The zero-order chi connectivity index (χ0) is 21.4. The van der Waals surface area contributed by atoms with E-state index in [1.54, 1.807) is 19.1 Å². The van der Waals surface area contributed by atoms with E-state index in [9.17, 15) is 31.2 Å². The number of nitrogens with zero attached hydrogens (tertiary/aromatic N) is 1. The fourth-order valence-corrected chi connectivity index (χ4v) is 4.63. The first-order chi connectivity index (χ1) is 13.5. The van der Waals surface area contributed by atoms with Crippen LogP contribution in [0, 0.1) is 6.92 Å². The van der Waals surface area contributed by atoms with Crippen molar-refractivity contribution >= 4 is 27.5 Å². The number of halogens is 3. The minimum atomic E-state index is -4.59. The normalized spacial score (nSPS) is 17.4. The largest absolute Gasteiger partial charge is 0.416 e. The van der Waals surface area contributed by atoms with Crippen LogP contribution in [0.15, 0.2) is 53.4 Å². The highest BCUT2D eigenvalue weighted by Crippen LogP contribution is 2.32. The Morgan fingerprint density at radius 1 is 1.14 bits per heavy atom. The van der Waals surface area contributed by atoms with Crippen molar-refractivity contribution in [3.05, 3.63) is 59.7 Å². The van der Waals surface area contributed by atoms with Gasteiger partial charge in [-0.25, -0.2) is 12.7 Å². The minimum Gasteiger partial charge on any atom is -0.324 e. The molecule has 2 amide bonds. The van der Waals surface area contributed by atoms with E-state index in [1.807, 2.05) is 0 Å². The summed E-state index contributed by atoms with van der Waals surface area (Å²) in [5, 5.41) is 2.28. The standard InChI is InChI=1S/C19H17F3N2O4S/c1-12-5-7-15(8-6-12)29(27,28)24-16(9-10-17(24)25)18(26)23-14-4-2-3-13(11-14)19(20,21)22/h2-8,11,16H,9-10H2,1H3,(H,23,26)/t16-/m0/s1. The lowest BCUT2D eigenvalue weighted by atomic mass is 10.1. The van der Waals surface area contributed by atoms with E-state index in [4.69, 9.17) is 0 Å². The highest BCUT2D eigenvalue weighted by atomic mass is 32.2. The highest BCUT2D eigenvalue weighted by molar-refractivity contribution is 7.89. The molecule has 6 nitrogen and oxygen atoms in total. The van der Waals surface area contributed by atoms with Crippen LogP contribution in [0.2, 0.25) is 0 Å². The molecular formula is C19H17F3N2O4S. The zero-order valence-corrected chi connectivity index (χ0v) is 16.0. The van der Waals surface area contributed by atoms with Crippen molar-refractivity contribution in [2.24, 2.45) is 0 Å². The van der Waals surface area contributed by atoms with Crippen LogP contribution in [0.5, 0.6) is 0 Å². The maximum atomic E-state index is 12.9. The van der Waals surface area contributed by atoms with Crippen LogP contribution >= 0.6 is 0 Å². The Balaban J connectivity index is 1.87. The smallest absolute Gasteiger partial charge is 0.324 e. The molecule has 0 saturated carbocycles. The molecule has 1 heterocycles. The van der Waals surface area contributed by atoms with E-state index in [-0.39, 0.29) is 23.4 Å². The number of sulfonamides is 1. The van der Waals surface area contributed by atoms with E-state index < -0.39 is 39.6 Å². The van der Waals surface area contributed by atoms with Gasteiger partial charge in [-0.15, -0.1) is 0 Å². The average molecular weight is 426 g/mol. The van der Waals surface area contributed by atoms with Gasteiger partial charge in [-0.2, -0.15) is 13.2 Å². The maximum Gasteiger partial charge on any atom is 0.416 e. The summed E-state index contributed by atoms with van der Waals surface area (Å²) in [5.74, 6) is -1.61. The number of hydrogen-bond acceptors (Lipinski definition) is 4. The lowest BCUT2D eigenvalue weighted by Gasteiger charge is -2.24. The van der Waals surface area contributed by atoms with Gasteiger partial charge in [-0.05, 0) is 43.7 Å². The molecule has 29 heavy (non-hydrogen) atoms. The number of hydrogen-bond donors (Lipinski definition) is 1. The lowest BCUT2D eigenvalue weighted by Crippen LogP contribution is -2.45. The van der Waals surface area contributed by atoms with Gasteiger partial charge in [0.1, 0.15) is 6.04 Å². The third kappa shape index (κ3) is 4.26. The van der Waals surface area contributed by atoms with E-state index in [0.717, 1.165) is 23.8 Å². The van der Waals surface area contributed by atoms with Crippen molar-refractivity contribution in [2.75, 3.05) is 5.32 Å². The van der Waals surface area contributed by atoms with Gasteiger partial charge in [0, 0.05) is 12.1 Å². The first-order valence-corrected chi connectivity index (χ1v) is 10.1. The number of benzene rings is 2. The predicted octanol–water partition coefficient (Wildman–Crippen LogP) is 3.33. The molecule has 0 aliphatic carbocycles. The molecule has 3 rings (SSSR count). The van der Waals surface area contributed by atoms with Crippen molar-refractivity contribution in [3.8, 4) is 0 Å². The van der Waals surface area contributed by atoms with E-state index in [0.29, 0.717) is 4.31 Å². The van der Waals surface area contributed by atoms with Crippen LogP contribution in [0.3, 0.4) is 0 Å². The molecule has 1 fully saturated rings. The fourth-order valence-electron chi connectivity index (χ4n) is 3.02. The van der Waals surface area contributed by atoms with Gasteiger partial charge in [-0.3, -0.25) is 9.59 Å². The van der Waals surface area contributed by atoms with Crippen LogP contribution in [0.4, 0.5) is 18.9 Å². The Morgan fingerprint density at radius 2 is 1.79 bits per heavy atom. The predicted molar refractivity (Wildman–Crippen MR) is 98.3 cm³/mol. The van der Waals surface area contributed by atoms with Gasteiger partial charge in [0.15, 0.2) is 0 Å². The molecule has 1 aliphatic rings. The number of carbonyl (C=O) groups is 2. The molecule has 0 aromatic heterocycles. The van der Waals surface area contributed by atoms with Crippen molar-refractivity contribution in [2.45, 2.75) is 36.9 Å². The third-order valence-electron chi connectivity index (χ3n) is 4.50. The Labute approximate surface area is 165 Å². The van der Waals surface area contributed by atoms with Crippen molar-refractivity contribution in [1.29, 1.82) is 0 Å². The summed E-state index contributed by atoms with van der Waals surface area (Å²) in [7, 11) is -4.28. The van der Waals surface area contributed by atoms with Crippen molar-refractivity contribution < 1.29 is 31.2 Å². The second-order valence-corrected chi connectivity index (χ2v) is 8.44. The summed E-state index contributed by atoms with van der Waals surface area (Å²) in [6, 6.07) is 8.41. The first-order valence-electron chi connectivity index (χ1n) is 8.62. The number of amides is 2. The molecular weight excluding hydrogens is 409 g/mol. The molecule has 154 valence electrons. The molecule has 0 unspecified atom stereocenters. The van der Waals surface area contributed by atoms with Gasteiger partial charge >= 0.3 is 6.18 Å². The molecule has 2 aromatic rings. The summed E-state index contributed by atoms with van der Waals surface area (Å²) in [5.41, 5.74) is -0.283. The molecule has 0 bridgehead atoms. The topological polar surface area (TPSA) is 83.6 Å². The number of carbonyl (C=O) groups excluding carboxylic acids is 2. The van der Waals surface area contributed by atoms with Crippen molar-refractivity contribution in [1.82, 2.24) is 4.31 Å². The van der Waals surface area contributed by atoms with Crippen LogP contribution in [-0.2, 0) is 25.8 Å². The summed E-state index contributed by atoms with van der Waals surface area (Å²) in [6.07, 6.45) is -4.81. The number of rotatable bonds is 4. The maximum absolute atomic E-state index is 12.9. The third-order valence-corrected chi connectivity index (χ3v) is 6.34. The highest BCUT2D eigenvalue weighted by Gasteiger charge is 2.44. The number of alkyl halides is 3. The van der Waals surface area contributed by atoms with Gasteiger partial charge < -0.3 is 5.32 Å². The van der Waals surface area contributed by atoms with Gasteiger partial charge in [-0.1, -0.05) is 23.8 Å². The van der Waals surface area contributed by atoms with Crippen molar-refractivity contribution in [3.63, 3.8) is 0 Å². The number of anilines is 1. The molecule has 1 atom stereocenters. The number of aryl methyl sites for hydroxylation is 1. The summed E-state index contributed by atoms with van der Waals surface area (Å²) in [4.78, 5) is 24.7. The summed E-state index contributed by atoms with van der Waals surface area (Å²) >= 11 is 0. The van der Waals surface area contributed by atoms with Crippen LogP contribution in [0.1, 0.15) is 24.0 Å². The second-order valence-electron chi connectivity index (χ2n) is 6.63. The van der Waals surface area contributed by atoms with E-state index in [1.165, 1.54) is 18.2 Å². The molecule has 1 aliphatic heterocycles. The Morgan fingerprint density at radius 3 is 2.41 bits per heavy atom. The first kappa shape index (κ1) is 20.8. The molecule has 2 aromatic carbocycles. The average Bonchev–Trinajstić information content (AvgIpc) is 3.04. The Hall–Kier alpha value is -2.88. The molecule has 1 N–H and O–H groups in total. The molecule has 1 saturated heterocycles. The van der Waals surface area contributed by atoms with E-state index >= 15 is 0 Å². The number of nitrogens with one attached hydrogen (secondary N) is 1. The Bertz CT molecular complexity index is 1050. The lowest BCUT2D eigenvalue weighted by molar-refractivity contribution is -0.137. The second kappa shape index (κ2) is 7.51. The van der Waals surface area contributed by atoms with Gasteiger partial charge in [0.05, 0.1) is 10.5 Å². The van der Waals surface area contributed by atoms with Crippen LogP contribution in [-0.4, -0.2) is 30.6 Å². The summed E-state index contributed by atoms with van der Waals surface area (Å²) < 4.78 is 64.8. The molecule has 10 heteroatoms. The quantitative estimate of drug-likeness (QED) is 0.813. The zero-order valence-electron chi connectivity index (χ0n) is 15.2. The summed E-state index contributed by atoms with van der Waals surface area (Å²) in [6.45, 7) is 1.77. The molecule has 0 radical (unpaired) electrons. The van der Waals surface area contributed by atoms with E-state index in [2.05, 4.69) is 5.32 Å². The fraction of sp³-hybridized carbons (Fsp3) is 0.263. The monoisotopic (exact) mass is 426 g/mol.